The van der Waals surface area contributed by atoms with E-state index in [4.69, 9.17) is 16.0 Å². The van der Waals surface area contributed by atoms with E-state index in [2.05, 4.69) is 17.1 Å². The van der Waals surface area contributed by atoms with Gasteiger partial charge in [-0.15, -0.1) is 0 Å². The first-order valence-corrected chi connectivity index (χ1v) is 6.02. The van der Waals surface area contributed by atoms with Gasteiger partial charge in [0.05, 0.1) is 6.61 Å². The van der Waals surface area contributed by atoms with Crippen molar-refractivity contribution in [3.8, 4) is 0 Å². The molecule has 1 aromatic rings. The normalized spacial score (nSPS) is 11.6. The Kier molecular flexibility index (Phi) is 5.93. The second-order valence-corrected chi connectivity index (χ2v) is 3.95. The fraction of sp³-hybridized carbons (Fsp3) is 0.500. The molecule has 100 valence electrons. The van der Waals surface area contributed by atoms with Crippen LogP contribution in [-0.2, 0) is 0 Å². The molecule has 0 amide bonds. The van der Waals surface area contributed by atoms with Gasteiger partial charge in [-0.1, -0.05) is 18.5 Å². The van der Waals surface area contributed by atoms with E-state index >= 15 is 0 Å². The van der Waals surface area contributed by atoms with Gasteiger partial charge in [0.15, 0.2) is 5.84 Å². The zero-order valence-corrected chi connectivity index (χ0v) is 10.6. The second kappa shape index (κ2) is 7.50. The largest absolute Gasteiger partial charge is 0.409 e. The average Bonchev–Trinajstić information content (AvgIpc) is 2.42. The van der Waals surface area contributed by atoms with Crippen LogP contribution >= 0.6 is 0 Å². The van der Waals surface area contributed by atoms with Gasteiger partial charge in [-0.3, -0.25) is 0 Å². The number of nitrogens with zero attached hydrogens (tertiary/aromatic N) is 3. The van der Waals surface area contributed by atoms with E-state index in [1.807, 2.05) is 4.90 Å². The number of anilines is 1. The van der Waals surface area contributed by atoms with Crippen molar-refractivity contribution in [1.29, 1.82) is 0 Å². The zero-order valence-electron chi connectivity index (χ0n) is 10.6. The van der Waals surface area contributed by atoms with E-state index < -0.39 is 0 Å². The van der Waals surface area contributed by atoms with Crippen molar-refractivity contribution in [2.45, 2.75) is 19.8 Å². The number of aliphatic hydroxyl groups excluding tert-OH is 1. The van der Waals surface area contributed by atoms with Crippen LogP contribution in [0.5, 0.6) is 0 Å². The minimum atomic E-state index is 0.0538. The first kappa shape index (κ1) is 14.2. The van der Waals surface area contributed by atoms with Gasteiger partial charge in [0.25, 0.3) is 0 Å². The van der Waals surface area contributed by atoms with Gasteiger partial charge in [0, 0.05) is 24.8 Å². The number of oxime groups is 1. The van der Waals surface area contributed by atoms with Crippen molar-refractivity contribution in [2.24, 2.45) is 10.9 Å². The molecule has 0 fully saturated rings. The third-order valence-electron chi connectivity index (χ3n) is 2.62. The Morgan fingerprint density at radius 1 is 1.50 bits per heavy atom. The van der Waals surface area contributed by atoms with Gasteiger partial charge in [-0.2, -0.15) is 0 Å². The summed E-state index contributed by atoms with van der Waals surface area (Å²) in [7, 11) is 0. The number of hydrogen-bond acceptors (Lipinski definition) is 5. The number of nitrogens with two attached hydrogens (primary N) is 1. The molecule has 1 rings (SSSR count). The van der Waals surface area contributed by atoms with Crippen LogP contribution in [0.25, 0.3) is 0 Å². The van der Waals surface area contributed by atoms with E-state index in [9.17, 15) is 0 Å². The van der Waals surface area contributed by atoms with Crippen molar-refractivity contribution < 1.29 is 10.3 Å². The van der Waals surface area contributed by atoms with Crippen LogP contribution in [0.2, 0.25) is 0 Å². The topological polar surface area (TPSA) is 95.0 Å². The Bertz CT molecular complexity index is 395. The summed E-state index contributed by atoms with van der Waals surface area (Å²) >= 11 is 0. The van der Waals surface area contributed by atoms with E-state index in [-0.39, 0.29) is 12.4 Å². The van der Waals surface area contributed by atoms with Crippen LogP contribution in [0.1, 0.15) is 25.3 Å². The fourth-order valence-electron chi connectivity index (χ4n) is 1.62. The molecule has 0 unspecified atom stereocenters. The molecule has 0 bridgehead atoms. The van der Waals surface area contributed by atoms with Gasteiger partial charge in [0.2, 0.25) is 0 Å². The predicted octanol–water partition coefficient (Wildman–Crippen LogP) is 0.775. The standard InChI is InChI=1S/C12H20N4O2/c1-2-3-6-16(7-8-17)11-9-10(4-5-14-11)12(13)15-18/h4-5,9,17-18H,2-3,6-8H2,1H3,(H2,13,15). The highest BCUT2D eigenvalue weighted by atomic mass is 16.4. The molecule has 18 heavy (non-hydrogen) atoms. The molecule has 6 nitrogen and oxygen atoms in total. The molecule has 0 radical (unpaired) electrons. The summed E-state index contributed by atoms with van der Waals surface area (Å²) in [6.45, 7) is 3.52. The number of pyridine rings is 1. The molecule has 0 aliphatic carbocycles. The Morgan fingerprint density at radius 3 is 2.89 bits per heavy atom. The summed E-state index contributed by atoms with van der Waals surface area (Å²) in [5.41, 5.74) is 6.15. The van der Waals surface area contributed by atoms with Gasteiger partial charge in [-0.25, -0.2) is 4.98 Å². The first-order chi connectivity index (χ1) is 8.72. The summed E-state index contributed by atoms with van der Waals surface area (Å²) < 4.78 is 0. The molecular formula is C12H20N4O2. The lowest BCUT2D eigenvalue weighted by molar-refractivity contribution is 0.301. The van der Waals surface area contributed by atoms with Gasteiger partial charge in [0.1, 0.15) is 5.82 Å². The molecule has 4 N–H and O–H groups in total. The number of rotatable bonds is 7. The quantitative estimate of drug-likeness (QED) is 0.288. The van der Waals surface area contributed by atoms with Crippen molar-refractivity contribution in [3.05, 3.63) is 23.9 Å². The van der Waals surface area contributed by atoms with Crippen LogP contribution in [0.15, 0.2) is 23.5 Å². The molecule has 0 aliphatic heterocycles. The SMILES string of the molecule is CCCCN(CCO)c1cc(C(N)=NO)ccn1. The van der Waals surface area contributed by atoms with Crippen molar-refractivity contribution >= 4 is 11.7 Å². The van der Waals surface area contributed by atoms with Crippen LogP contribution in [0.4, 0.5) is 5.82 Å². The average molecular weight is 252 g/mol. The molecule has 0 spiro atoms. The predicted molar refractivity (Wildman–Crippen MR) is 71.0 cm³/mol. The monoisotopic (exact) mass is 252 g/mol. The Balaban J connectivity index is 2.90. The van der Waals surface area contributed by atoms with Crippen LogP contribution in [0.3, 0.4) is 0 Å². The zero-order chi connectivity index (χ0) is 13.4. The molecule has 6 heteroatoms. The minimum Gasteiger partial charge on any atom is -0.409 e. The highest BCUT2D eigenvalue weighted by Crippen LogP contribution is 2.13. The number of unbranched alkanes of at least 4 members (excludes halogenated alkanes) is 1. The highest BCUT2D eigenvalue weighted by molar-refractivity contribution is 5.97. The maximum atomic E-state index is 9.06. The number of hydrogen-bond donors (Lipinski definition) is 3. The minimum absolute atomic E-state index is 0.0538. The third kappa shape index (κ3) is 3.89. The molecule has 1 aromatic heterocycles. The van der Waals surface area contributed by atoms with E-state index in [0.717, 1.165) is 25.2 Å². The Hall–Kier alpha value is -1.82. The van der Waals surface area contributed by atoms with Crippen LogP contribution in [0, 0.1) is 0 Å². The molecule has 0 saturated carbocycles. The van der Waals surface area contributed by atoms with Gasteiger partial charge >= 0.3 is 0 Å². The van der Waals surface area contributed by atoms with Crippen LogP contribution in [-0.4, -0.2) is 40.8 Å². The first-order valence-electron chi connectivity index (χ1n) is 6.02. The number of aromatic nitrogens is 1. The Morgan fingerprint density at radius 2 is 2.28 bits per heavy atom. The summed E-state index contributed by atoms with van der Waals surface area (Å²) in [4.78, 5) is 6.23. The smallest absolute Gasteiger partial charge is 0.170 e. The van der Waals surface area contributed by atoms with E-state index in [0.29, 0.717) is 12.1 Å². The maximum absolute atomic E-state index is 9.06. The molecule has 0 saturated heterocycles. The molecule has 1 heterocycles. The summed E-state index contributed by atoms with van der Waals surface area (Å²) in [6, 6.07) is 3.43. The maximum Gasteiger partial charge on any atom is 0.170 e. The van der Waals surface area contributed by atoms with E-state index in [1.165, 1.54) is 0 Å². The van der Waals surface area contributed by atoms with Crippen molar-refractivity contribution in [1.82, 2.24) is 4.98 Å². The molecule has 0 aliphatic rings. The van der Waals surface area contributed by atoms with Gasteiger partial charge < -0.3 is 20.9 Å². The lowest BCUT2D eigenvalue weighted by Gasteiger charge is -2.22. The third-order valence-corrected chi connectivity index (χ3v) is 2.62. The number of amidine groups is 1. The lowest BCUT2D eigenvalue weighted by atomic mass is 10.2. The Labute approximate surface area is 107 Å². The number of aliphatic hydroxyl groups is 1. The fourth-order valence-corrected chi connectivity index (χ4v) is 1.62. The molecule has 0 aromatic carbocycles. The summed E-state index contributed by atoms with van der Waals surface area (Å²) in [5.74, 6) is 0.777. The van der Waals surface area contributed by atoms with E-state index in [1.54, 1.807) is 18.3 Å². The summed E-state index contributed by atoms with van der Waals surface area (Å²) in [5, 5.41) is 20.7. The molecule has 0 atom stereocenters. The highest BCUT2D eigenvalue weighted by Gasteiger charge is 2.09. The second-order valence-electron chi connectivity index (χ2n) is 3.95. The van der Waals surface area contributed by atoms with Crippen molar-refractivity contribution in [3.63, 3.8) is 0 Å². The van der Waals surface area contributed by atoms with Crippen molar-refractivity contribution in [2.75, 3.05) is 24.6 Å². The van der Waals surface area contributed by atoms with Crippen LogP contribution < -0.4 is 10.6 Å². The van der Waals surface area contributed by atoms with Gasteiger partial charge in [-0.05, 0) is 18.6 Å². The lowest BCUT2D eigenvalue weighted by Crippen LogP contribution is -2.29. The summed E-state index contributed by atoms with van der Waals surface area (Å²) in [6.07, 6.45) is 3.70. The molecular weight excluding hydrogens is 232 g/mol.